The molecule has 1 aromatic carbocycles. The molecule has 0 radical (unpaired) electrons. The van der Waals surface area contributed by atoms with E-state index in [0.717, 1.165) is 6.54 Å². The molecule has 1 rings (SSSR count). The van der Waals surface area contributed by atoms with Gasteiger partial charge in [-0.1, -0.05) is 67.6 Å². The number of benzene rings is 1. The highest BCUT2D eigenvalue weighted by molar-refractivity contribution is 14.1. The van der Waals surface area contributed by atoms with E-state index in [4.69, 9.17) is 0 Å². The summed E-state index contributed by atoms with van der Waals surface area (Å²) in [7, 11) is 1.42. The maximum Gasteiger partial charge on any atom is 0.319 e. The first-order valence-corrected chi connectivity index (χ1v) is 7.61. The largest absolute Gasteiger partial charge is 0.468 e. The molecular weight excluding hydrogens is 353 g/mol. The Balaban J connectivity index is 2.45. The van der Waals surface area contributed by atoms with Crippen molar-refractivity contribution in [2.45, 2.75) is 36.7 Å². The number of carbonyl (C=O) groups excluding carboxylic acids is 1. The summed E-state index contributed by atoms with van der Waals surface area (Å²) in [6.07, 6.45) is 0. The van der Waals surface area contributed by atoms with Crippen LogP contribution in [0.15, 0.2) is 24.3 Å². The summed E-state index contributed by atoms with van der Waals surface area (Å²) in [4.78, 5) is 11.2. The highest BCUT2D eigenvalue weighted by atomic mass is 127. The van der Waals surface area contributed by atoms with Gasteiger partial charge in [-0.2, -0.15) is 0 Å². The summed E-state index contributed by atoms with van der Waals surface area (Å²) in [6.45, 7) is 8.00. The Hall–Kier alpha value is -0.620. The number of esters is 1. The molecule has 4 heteroatoms. The quantitative estimate of drug-likeness (QED) is 0.489. The molecule has 0 aliphatic rings. The minimum Gasteiger partial charge on any atom is -0.468 e. The molecule has 1 aromatic rings. The molecule has 3 nitrogen and oxygen atoms in total. The van der Waals surface area contributed by atoms with Crippen LogP contribution in [0.1, 0.15) is 31.9 Å². The normalized spacial score (nSPS) is 13.1. The minimum atomic E-state index is -0.184. The summed E-state index contributed by atoms with van der Waals surface area (Å²) in [6, 6.07) is 8.60. The monoisotopic (exact) mass is 375 g/mol. The average Bonchev–Trinajstić information content (AvgIpc) is 2.37. The van der Waals surface area contributed by atoms with Crippen molar-refractivity contribution in [3.8, 4) is 0 Å². The zero-order valence-corrected chi connectivity index (χ0v) is 14.2. The van der Waals surface area contributed by atoms with Crippen molar-refractivity contribution < 1.29 is 9.53 Å². The van der Waals surface area contributed by atoms with Crippen LogP contribution in [0.4, 0.5) is 0 Å². The van der Waals surface area contributed by atoms with Crippen LogP contribution < -0.4 is 5.32 Å². The number of hydrogen-bond acceptors (Lipinski definition) is 3. The van der Waals surface area contributed by atoms with Crippen LogP contribution in [0.25, 0.3) is 0 Å². The van der Waals surface area contributed by atoms with Crippen molar-refractivity contribution in [1.29, 1.82) is 0 Å². The first kappa shape index (κ1) is 16.4. The lowest BCUT2D eigenvalue weighted by Crippen LogP contribution is -2.29. The third kappa shape index (κ3) is 5.48. The molecule has 0 aliphatic heterocycles. The Morgan fingerprint density at radius 3 is 2.37 bits per heavy atom. The molecule has 0 bridgehead atoms. The smallest absolute Gasteiger partial charge is 0.319 e. The van der Waals surface area contributed by atoms with E-state index < -0.39 is 0 Å². The van der Waals surface area contributed by atoms with E-state index in [0.29, 0.717) is 6.54 Å². The van der Waals surface area contributed by atoms with Gasteiger partial charge in [0.15, 0.2) is 0 Å². The van der Waals surface area contributed by atoms with Gasteiger partial charge >= 0.3 is 5.97 Å². The van der Waals surface area contributed by atoms with Crippen LogP contribution in [0.2, 0.25) is 0 Å². The number of rotatable bonds is 5. The standard InChI is InChI=1S/C15H22INO2/c1-15(2,3)12-7-5-11(6-8-12)9-17-10-13(16)14(18)19-4/h5-8,13,17H,9-10H2,1-4H3. The Morgan fingerprint density at radius 1 is 1.32 bits per heavy atom. The van der Waals surface area contributed by atoms with E-state index in [-0.39, 0.29) is 15.3 Å². The van der Waals surface area contributed by atoms with Crippen LogP contribution in [0.3, 0.4) is 0 Å². The number of nitrogens with one attached hydrogen (secondary N) is 1. The number of halogens is 1. The summed E-state index contributed by atoms with van der Waals surface area (Å²) in [5.74, 6) is -0.184. The fourth-order valence-corrected chi connectivity index (χ4v) is 2.24. The maximum absolute atomic E-state index is 11.2. The van der Waals surface area contributed by atoms with Gasteiger partial charge in [0.25, 0.3) is 0 Å². The van der Waals surface area contributed by atoms with E-state index in [1.807, 2.05) is 0 Å². The number of hydrogen-bond donors (Lipinski definition) is 1. The molecule has 0 spiro atoms. The molecule has 0 amide bonds. The van der Waals surface area contributed by atoms with Crippen LogP contribution >= 0.6 is 22.6 Å². The van der Waals surface area contributed by atoms with Gasteiger partial charge in [0.2, 0.25) is 0 Å². The van der Waals surface area contributed by atoms with Crippen LogP contribution in [-0.2, 0) is 21.5 Å². The van der Waals surface area contributed by atoms with Crippen molar-refractivity contribution in [3.63, 3.8) is 0 Å². The molecule has 0 saturated carbocycles. The molecule has 1 N–H and O–H groups in total. The molecule has 1 atom stereocenters. The van der Waals surface area contributed by atoms with Gasteiger partial charge in [-0.3, -0.25) is 4.79 Å². The molecule has 0 fully saturated rings. The Morgan fingerprint density at radius 2 is 1.89 bits per heavy atom. The molecule has 0 heterocycles. The van der Waals surface area contributed by atoms with Gasteiger partial charge in [-0.25, -0.2) is 0 Å². The molecule has 1 unspecified atom stereocenters. The lowest BCUT2D eigenvalue weighted by atomic mass is 9.87. The van der Waals surface area contributed by atoms with E-state index in [1.165, 1.54) is 18.2 Å². The van der Waals surface area contributed by atoms with Crippen molar-refractivity contribution in [2.24, 2.45) is 0 Å². The van der Waals surface area contributed by atoms with Gasteiger partial charge < -0.3 is 10.1 Å². The molecule has 0 aliphatic carbocycles. The van der Waals surface area contributed by atoms with Crippen molar-refractivity contribution >= 4 is 28.6 Å². The van der Waals surface area contributed by atoms with E-state index in [1.54, 1.807) is 0 Å². The third-order valence-corrected chi connectivity index (χ3v) is 3.88. The lowest BCUT2D eigenvalue weighted by molar-refractivity contribution is -0.139. The molecule has 106 valence electrons. The Kier molecular flexibility index (Phi) is 6.26. The summed E-state index contributed by atoms with van der Waals surface area (Å²) < 4.78 is 4.54. The van der Waals surface area contributed by atoms with Crippen molar-refractivity contribution in [1.82, 2.24) is 5.32 Å². The van der Waals surface area contributed by atoms with Crippen molar-refractivity contribution in [2.75, 3.05) is 13.7 Å². The molecular formula is C15H22INO2. The van der Waals surface area contributed by atoms with Crippen LogP contribution in [0, 0.1) is 0 Å². The predicted molar refractivity (Wildman–Crippen MR) is 86.7 cm³/mol. The van der Waals surface area contributed by atoms with Crippen molar-refractivity contribution in [3.05, 3.63) is 35.4 Å². The highest BCUT2D eigenvalue weighted by Gasteiger charge is 2.14. The summed E-state index contributed by atoms with van der Waals surface area (Å²) in [5, 5.41) is 3.27. The zero-order valence-electron chi connectivity index (χ0n) is 12.0. The Labute approximate surface area is 129 Å². The topological polar surface area (TPSA) is 38.3 Å². The fourth-order valence-electron chi connectivity index (χ4n) is 1.68. The second-order valence-electron chi connectivity index (χ2n) is 5.57. The molecule has 0 saturated heterocycles. The first-order chi connectivity index (χ1) is 8.84. The van der Waals surface area contributed by atoms with Crippen LogP contribution in [0.5, 0.6) is 0 Å². The molecule has 19 heavy (non-hydrogen) atoms. The van der Waals surface area contributed by atoms with Gasteiger partial charge in [0.05, 0.1) is 7.11 Å². The summed E-state index contributed by atoms with van der Waals surface area (Å²) >= 11 is 2.09. The van der Waals surface area contributed by atoms with E-state index >= 15 is 0 Å². The van der Waals surface area contributed by atoms with Gasteiger partial charge in [-0.05, 0) is 16.5 Å². The highest BCUT2D eigenvalue weighted by Crippen LogP contribution is 2.22. The third-order valence-electron chi connectivity index (χ3n) is 2.93. The lowest BCUT2D eigenvalue weighted by Gasteiger charge is -2.19. The Bertz CT molecular complexity index is 409. The van der Waals surface area contributed by atoms with Crippen LogP contribution in [-0.4, -0.2) is 23.5 Å². The maximum atomic E-state index is 11.2. The number of ether oxygens (including phenoxy) is 1. The van der Waals surface area contributed by atoms with Gasteiger partial charge in [-0.15, -0.1) is 0 Å². The summed E-state index contributed by atoms with van der Waals surface area (Å²) in [5.41, 5.74) is 2.74. The minimum absolute atomic E-state index is 0.142. The first-order valence-electron chi connectivity index (χ1n) is 6.36. The number of methoxy groups -OCH3 is 1. The van der Waals surface area contributed by atoms with E-state index in [2.05, 4.69) is 77.7 Å². The number of alkyl halides is 1. The van der Waals surface area contributed by atoms with Gasteiger partial charge in [0, 0.05) is 13.1 Å². The zero-order chi connectivity index (χ0) is 14.5. The molecule has 0 aromatic heterocycles. The SMILES string of the molecule is COC(=O)C(I)CNCc1ccc(C(C)(C)C)cc1. The second kappa shape index (κ2) is 7.24. The average molecular weight is 375 g/mol. The van der Waals surface area contributed by atoms with E-state index in [9.17, 15) is 4.79 Å². The fraction of sp³-hybridized carbons (Fsp3) is 0.533. The van der Waals surface area contributed by atoms with Gasteiger partial charge in [0.1, 0.15) is 3.92 Å². The predicted octanol–water partition coefficient (Wildman–Crippen LogP) is 3.05. The second-order valence-corrected chi connectivity index (χ2v) is 7.07. The number of carbonyl (C=O) groups is 1.